The zero-order valence-corrected chi connectivity index (χ0v) is 14.0. The van der Waals surface area contributed by atoms with Gasteiger partial charge in [-0.25, -0.2) is 0 Å². The van der Waals surface area contributed by atoms with Gasteiger partial charge in [0.1, 0.15) is 0 Å². The molecule has 1 aromatic rings. The number of fused-ring (bicyclic) bond motifs is 1. The summed E-state index contributed by atoms with van der Waals surface area (Å²) in [6.45, 7) is 3.21. The number of likely N-dealkylation sites (tertiary alicyclic amines) is 1. The van der Waals surface area contributed by atoms with Crippen LogP contribution in [0.1, 0.15) is 29.6 Å². The normalized spacial score (nSPS) is 29.0. The number of carbonyl (C=O) groups is 1. The second-order valence-corrected chi connectivity index (χ2v) is 6.74. The monoisotopic (exact) mass is 333 g/mol. The van der Waals surface area contributed by atoms with Gasteiger partial charge in [-0.3, -0.25) is 4.79 Å². The van der Waals surface area contributed by atoms with Crippen LogP contribution in [0.4, 0.5) is 0 Å². The van der Waals surface area contributed by atoms with Crippen LogP contribution in [-0.4, -0.2) is 62.5 Å². The minimum atomic E-state index is -0.234. The maximum absolute atomic E-state index is 12.9. The molecule has 0 aliphatic carbocycles. The quantitative estimate of drug-likeness (QED) is 0.827. The topological polar surface area (TPSA) is 57.2 Å². The molecule has 0 saturated carbocycles. The van der Waals surface area contributed by atoms with Crippen LogP contribution in [0.25, 0.3) is 0 Å². The highest BCUT2D eigenvalue weighted by molar-refractivity contribution is 5.95. The molecule has 4 rings (SSSR count). The zero-order chi connectivity index (χ0) is 16.6. The van der Waals surface area contributed by atoms with E-state index in [2.05, 4.69) is 0 Å². The lowest BCUT2D eigenvalue weighted by molar-refractivity contribution is 0.00702. The van der Waals surface area contributed by atoms with Crippen molar-refractivity contribution in [2.24, 2.45) is 0 Å². The molecule has 130 valence electrons. The molecule has 6 nitrogen and oxygen atoms in total. The summed E-state index contributed by atoms with van der Waals surface area (Å²) in [5.74, 6) is 1.39. The van der Waals surface area contributed by atoms with E-state index >= 15 is 0 Å². The highest BCUT2D eigenvalue weighted by Crippen LogP contribution is 2.37. The van der Waals surface area contributed by atoms with E-state index < -0.39 is 0 Å². The second-order valence-electron chi connectivity index (χ2n) is 6.74. The number of benzene rings is 1. The maximum atomic E-state index is 12.9. The Hall–Kier alpha value is -1.79. The lowest BCUT2D eigenvalue weighted by atomic mass is 9.98. The number of rotatable bonds is 2. The molecular weight excluding hydrogens is 310 g/mol. The third kappa shape index (κ3) is 2.84. The number of ether oxygens (including phenoxy) is 4. The number of hydrogen-bond acceptors (Lipinski definition) is 5. The van der Waals surface area contributed by atoms with Gasteiger partial charge in [0.05, 0.1) is 38.1 Å². The molecule has 24 heavy (non-hydrogen) atoms. The van der Waals surface area contributed by atoms with Crippen molar-refractivity contribution in [1.82, 2.24) is 4.90 Å². The van der Waals surface area contributed by atoms with Gasteiger partial charge in [-0.1, -0.05) is 0 Å². The van der Waals surface area contributed by atoms with Gasteiger partial charge in [-0.05, 0) is 24.6 Å². The van der Waals surface area contributed by atoms with Gasteiger partial charge in [-0.15, -0.1) is 0 Å². The Morgan fingerprint density at radius 1 is 1.29 bits per heavy atom. The molecule has 2 atom stereocenters. The molecule has 0 bridgehead atoms. The van der Waals surface area contributed by atoms with Crippen LogP contribution < -0.4 is 9.47 Å². The Labute approximate surface area is 141 Å². The van der Waals surface area contributed by atoms with E-state index in [4.69, 9.17) is 18.9 Å². The number of carbonyl (C=O) groups excluding carboxylic acids is 1. The van der Waals surface area contributed by atoms with Crippen molar-refractivity contribution in [2.75, 3.05) is 40.0 Å². The van der Waals surface area contributed by atoms with Crippen LogP contribution in [0, 0.1) is 0 Å². The van der Waals surface area contributed by atoms with Crippen molar-refractivity contribution < 1.29 is 23.7 Å². The van der Waals surface area contributed by atoms with Gasteiger partial charge in [0.2, 0.25) is 0 Å². The van der Waals surface area contributed by atoms with Gasteiger partial charge < -0.3 is 23.8 Å². The molecule has 0 aromatic heterocycles. The standard InChI is InChI=1S/C18H23NO5/c1-21-14-10-18(24-11-14)5-6-19(12-18)17(20)13-3-4-15-16(9-13)23-8-2-7-22-15/h3-4,9,14H,2,5-8,10-12H2,1H3/t14-,18+/m0/s1. The van der Waals surface area contributed by atoms with Crippen LogP contribution in [0.3, 0.4) is 0 Å². The zero-order valence-electron chi connectivity index (χ0n) is 14.0. The van der Waals surface area contributed by atoms with Gasteiger partial charge in [-0.2, -0.15) is 0 Å². The summed E-state index contributed by atoms with van der Waals surface area (Å²) in [6.07, 6.45) is 2.71. The molecule has 2 fully saturated rings. The Morgan fingerprint density at radius 2 is 2.12 bits per heavy atom. The Kier molecular flexibility index (Phi) is 4.10. The highest BCUT2D eigenvalue weighted by atomic mass is 16.6. The van der Waals surface area contributed by atoms with Crippen molar-refractivity contribution >= 4 is 5.91 Å². The highest BCUT2D eigenvalue weighted by Gasteiger charge is 2.47. The van der Waals surface area contributed by atoms with Crippen LogP contribution in [0.5, 0.6) is 11.5 Å². The van der Waals surface area contributed by atoms with Crippen LogP contribution in [0.15, 0.2) is 18.2 Å². The first-order chi connectivity index (χ1) is 11.7. The molecule has 1 aromatic carbocycles. The fourth-order valence-corrected chi connectivity index (χ4v) is 3.74. The average Bonchev–Trinajstić information content (AvgIpc) is 3.14. The smallest absolute Gasteiger partial charge is 0.254 e. The fraction of sp³-hybridized carbons (Fsp3) is 0.611. The minimum absolute atomic E-state index is 0.0204. The predicted octanol–water partition coefficient (Wildman–Crippen LogP) is 1.87. The second kappa shape index (κ2) is 6.26. The molecule has 3 aliphatic rings. The summed E-state index contributed by atoms with van der Waals surface area (Å²) in [7, 11) is 1.71. The number of methoxy groups -OCH3 is 1. The Morgan fingerprint density at radius 3 is 2.92 bits per heavy atom. The lowest BCUT2D eigenvalue weighted by Gasteiger charge is -2.23. The van der Waals surface area contributed by atoms with E-state index in [-0.39, 0.29) is 17.6 Å². The predicted molar refractivity (Wildman–Crippen MR) is 86.7 cm³/mol. The van der Waals surface area contributed by atoms with Crippen molar-refractivity contribution in [2.45, 2.75) is 31.0 Å². The van der Waals surface area contributed by atoms with E-state index in [0.29, 0.717) is 50.0 Å². The van der Waals surface area contributed by atoms with Crippen LogP contribution in [0.2, 0.25) is 0 Å². The summed E-state index contributed by atoms with van der Waals surface area (Å²) in [5, 5.41) is 0. The van der Waals surface area contributed by atoms with Crippen molar-refractivity contribution in [3.8, 4) is 11.5 Å². The molecule has 2 saturated heterocycles. The largest absolute Gasteiger partial charge is 0.490 e. The summed E-state index contributed by atoms with van der Waals surface area (Å²) in [4.78, 5) is 14.7. The molecule has 3 aliphatic heterocycles. The van der Waals surface area contributed by atoms with E-state index in [1.807, 2.05) is 17.0 Å². The van der Waals surface area contributed by atoms with Crippen molar-refractivity contribution in [1.29, 1.82) is 0 Å². The Balaban J connectivity index is 1.48. The molecule has 6 heteroatoms. The fourth-order valence-electron chi connectivity index (χ4n) is 3.74. The summed E-state index contributed by atoms with van der Waals surface area (Å²) >= 11 is 0. The van der Waals surface area contributed by atoms with Crippen molar-refractivity contribution in [3.63, 3.8) is 0 Å². The number of amides is 1. The third-order valence-corrected chi connectivity index (χ3v) is 5.11. The molecule has 0 radical (unpaired) electrons. The molecule has 0 N–H and O–H groups in total. The van der Waals surface area contributed by atoms with Crippen LogP contribution in [-0.2, 0) is 9.47 Å². The van der Waals surface area contributed by atoms with Gasteiger partial charge in [0.15, 0.2) is 11.5 Å². The molecular formula is C18H23NO5. The van der Waals surface area contributed by atoms with Gasteiger partial charge in [0.25, 0.3) is 5.91 Å². The average molecular weight is 333 g/mol. The summed E-state index contributed by atoms with van der Waals surface area (Å²) < 4.78 is 22.7. The number of nitrogens with zero attached hydrogens (tertiary/aromatic N) is 1. The minimum Gasteiger partial charge on any atom is -0.490 e. The lowest BCUT2D eigenvalue weighted by Crippen LogP contribution is -2.36. The third-order valence-electron chi connectivity index (χ3n) is 5.11. The Bertz CT molecular complexity index is 634. The van der Waals surface area contributed by atoms with Crippen LogP contribution >= 0.6 is 0 Å². The molecule has 0 unspecified atom stereocenters. The summed E-state index contributed by atoms with van der Waals surface area (Å²) in [6, 6.07) is 5.43. The summed E-state index contributed by atoms with van der Waals surface area (Å²) in [5.41, 5.74) is 0.402. The van der Waals surface area contributed by atoms with E-state index in [1.165, 1.54) is 0 Å². The molecule has 3 heterocycles. The van der Waals surface area contributed by atoms with E-state index in [1.54, 1.807) is 13.2 Å². The van der Waals surface area contributed by atoms with E-state index in [9.17, 15) is 4.79 Å². The van der Waals surface area contributed by atoms with E-state index in [0.717, 1.165) is 19.3 Å². The van der Waals surface area contributed by atoms with Gasteiger partial charge in [0, 0.05) is 32.1 Å². The first-order valence-electron chi connectivity index (χ1n) is 8.55. The SMILES string of the molecule is CO[C@@H]1CO[C@]2(CCN(C(=O)c3ccc4c(c3)OCCCO4)C2)C1. The van der Waals surface area contributed by atoms with Crippen molar-refractivity contribution in [3.05, 3.63) is 23.8 Å². The first-order valence-corrected chi connectivity index (χ1v) is 8.55. The van der Waals surface area contributed by atoms with Gasteiger partial charge >= 0.3 is 0 Å². The molecule has 1 amide bonds. The molecule has 1 spiro atoms. The first kappa shape index (κ1) is 15.7. The maximum Gasteiger partial charge on any atom is 0.254 e. The number of hydrogen-bond donors (Lipinski definition) is 0.